The smallest absolute Gasteiger partial charge is 0.778 e. The van der Waals surface area contributed by atoms with Gasteiger partial charge in [0, 0.05) is 12.7 Å². The number of carboxylic acid groups (broad SMARTS) is 1. The largest absolute Gasteiger partial charge is 1.00 e. The van der Waals surface area contributed by atoms with Gasteiger partial charge in [0.1, 0.15) is 13.7 Å². The summed E-state index contributed by atoms with van der Waals surface area (Å²) in [4.78, 5) is 39.5. The zero-order valence-corrected chi connectivity index (χ0v) is 24.1. The van der Waals surface area contributed by atoms with Gasteiger partial charge < -0.3 is 34.5 Å². The SMILES string of the molecule is NCCCC[C@H](OP(=O)([O-])CCCCc1ccccc1)C(=O)N1C[C@@H](C2CCCCC2)C[C@H]1C(=O)[O-].[Li+].[Li+]. The molecule has 0 spiro atoms. The van der Waals surface area contributed by atoms with Gasteiger partial charge in [-0.3, -0.25) is 4.79 Å². The predicted molar refractivity (Wildman–Crippen MR) is 135 cm³/mol. The Labute approximate surface area is 251 Å². The molecule has 1 saturated heterocycles. The summed E-state index contributed by atoms with van der Waals surface area (Å²) >= 11 is 0. The Kier molecular flexibility index (Phi) is 16.8. The van der Waals surface area contributed by atoms with E-state index in [4.69, 9.17) is 10.3 Å². The summed E-state index contributed by atoms with van der Waals surface area (Å²) in [5.74, 6) is -1.35. The molecule has 8 nitrogen and oxygen atoms in total. The zero-order chi connectivity index (χ0) is 26.0. The van der Waals surface area contributed by atoms with Crippen LogP contribution in [0.25, 0.3) is 0 Å². The number of nitrogens with zero attached hydrogens (tertiary/aromatic N) is 1. The average Bonchev–Trinajstić information content (AvgIpc) is 3.33. The molecule has 2 aliphatic rings. The Hall–Kier alpha value is -0.535. The van der Waals surface area contributed by atoms with E-state index in [9.17, 15) is 24.2 Å². The Morgan fingerprint density at radius 2 is 1.71 bits per heavy atom. The molecular weight excluding hydrogens is 493 g/mol. The summed E-state index contributed by atoms with van der Waals surface area (Å²) in [7, 11) is -4.29. The summed E-state index contributed by atoms with van der Waals surface area (Å²) in [6.45, 7) is 0.740. The van der Waals surface area contributed by atoms with Crippen LogP contribution in [0, 0.1) is 11.8 Å². The molecular formula is C27H41Li2N2O6P. The van der Waals surface area contributed by atoms with E-state index in [-0.39, 0.29) is 56.2 Å². The molecule has 202 valence electrons. The van der Waals surface area contributed by atoms with Crippen molar-refractivity contribution < 1.29 is 66.4 Å². The number of carbonyl (C=O) groups excluding carboxylic acids is 2. The van der Waals surface area contributed by atoms with Crippen molar-refractivity contribution in [3.8, 4) is 0 Å². The minimum absolute atomic E-state index is 0. The van der Waals surface area contributed by atoms with Crippen molar-refractivity contribution in [2.24, 2.45) is 17.6 Å². The third-order valence-corrected chi connectivity index (χ3v) is 9.12. The van der Waals surface area contributed by atoms with Crippen LogP contribution in [-0.4, -0.2) is 48.2 Å². The molecule has 2 fully saturated rings. The summed E-state index contributed by atoms with van der Waals surface area (Å²) in [5, 5.41) is 11.9. The Morgan fingerprint density at radius 1 is 1.03 bits per heavy atom. The molecule has 0 radical (unpaired) electrons. The summed E-state index contributed by atoms with van der Waals surface area (Å²) in [5.41, 5.74) is 6.74. The molecule has 1 aliphatic heterocycles. The number of unbranched alkanes of at least 4 members (excludes halogenated alkanes) is 2. The van der Waals surface area contributed by atoms with Crippen molar-refractivity contribution >= 4 is 19.5 Å². The molecule has 11 heteroatoms. The first kappa shape index (κ1) is 35.5. The fourth-order valence-corrected chi connectivity index (χ4v) is 6.99. The number of benzene rings is 1. The molecule has 0 aromatic heterocycles. The number of amides is 1. The van der Waals surface area contributed by atoms with Crippen LogP contribution in [0.2, 0.25) is 0 Å². The number of carboxylic acids is 1. The fraction of sp³-hybridized carbons (Fsp3) is 0.704. The molecule has 1 aromatic rings. The van der Waals surface area contributed by atoms with Gasteiger partial charge in [0.15, 0.2) is 0 Å². The molecule has 38 heavy (non-hydrogen) atoms. The second-order valence-electron chi connectivity index (χ2n) is 10.4. The average molecular weight is 534 g/mol. The number of hydrogen-bond donors (Lipinski definition) is 1. The maximum atomic E-state index is 13.5. The Bertz CT molecular complexity index is 888. The number of likely N-dealkylation sites (tertiary alicyclic amines) is 1. The molecule has 0 bridgehead atoms. The Morgan fingerprint density at radius 3 is 2.34 bits per heavy atom. The number of nitrogens with two attached hydrogens (primary N) is 1. The first-order valence-corrected chi connectivity index (χ1v) is 15.3. The standard InChI is InChI=1S/C27H43N2O6P.2Li/c28-17-9-7-16-25(35-36(33,34)18-10-8-13-21-11-3-1-4-12-21)26(30)29-20-23(19-24(29)27(31)32)22-14-5-2-6-15-22;;/h1,3-4,11-12,22-25H,2,5-10,13-20,28H2,(H,31,32)(H,33,34);;/q;2*+1/p-2/t23-,24-,25-;;/m0../s1. The minimum Gasteiger partial charge on any atom is -0.778 e. The van der Waals surface area contributed by atoms with Crippen molar-refractivity contribution in [2.75, 3.05) is 19.3 Å². The summed E-state index contributed by atoms with van der Waals surface area (Å²) in [6.07, 6.45) is 7.73. The topological polar surface area (TPSA) is 136 Å². The third-order valence-electron chi connectivity index (χ3n) is 7.68. The quantitative estimate of drug-likeness (QED) is 0.150. The second kappa shape index (κ2) is 18.0. The molecule has 1 aliphatic carbocycles. The molecule has 1 saturated carbocycles. The van der Waals surface area contributed by atoms with Crippen LogP contribution in [0.3, 0.4) is 0 Å². The van der Waals surface area contributed by atoms with Crippen LogP contribution in [0.1, 0.15) is 76.2 Å². The number of aliphatic carboxylic acids is 1. The van der Waals surface area contributed by atoms with Crippen LogP contribution in [0.5, 0.6) is 0 Å². The van der Waals surface area contributed by atoms with E-state index in [0.717, 1.165) is 37.7 Å². The van der Waals surface area contributed by atoms with Crippen LogP contribution < -0.4 is 53.5 Å². The van der Waals surface area contributed by atoms with Crippen LogP contribution in [-0.2, 0) is 25.1 Å². The second-order valence-corrected chi connectivity index (χ2v) is 12.3. The van der Waals surface area contributed by atoms with E-state index in [1.54, 1.807) is 0 Å². The zero-order valence-electron chi connectivity index (χ0n) is 23.2. The maximum Gasteiger partial charge on any atom is 1.00 e. The van der Waals surface area contributed by atoms with Crippen molar-refractivity contribution in [3.63, 3.8) is 0 Å². The van der Waals surface area contributed by atoms with E-state index in [1.807, 2.05) is 30.3 Å². The van der Waals surface area contributed by atoms with Gasteiger partial charge in [0.2, 0.25) is 0 Å². The van der Waals surface area contributed by atoms with E-state index in [0.29, 0.717) is 51.1 Å². The third kappa shape index (κ3) is 11.2. The van der Waals surface area contributed by atoms with Crippen molar-refractivity contribution in [3.05, 3.63) is 35.9 Å². The van der Waals surface area contributed by atoms with E-state index >= 15 is 0 Å². The molecule has 2 N–H and O–H groups in total. The first-order valence-electron chi connectivity index (χ1n) is 13.5. The normalized spacial score (nSPS) is 22.1. The van der Waals surface area contributed by atoms with Crippen LogP contribution in [0.4, 0.5) is 0 Å². The van der Waals surface area contributed by atoms with Gasteiger partial charge in [-0.05, 0) is 68.9 Å². The van der Waals surface area contributed by atoms with Crippen LogP contribution in [0.15, 0.2) is 30.3 Å². The fourth-order valence-electron chi connectivity index (χ4n) is 5.69. The van der Waals surface area contributed by atoms with Crippen molar-refractivity contribution in [1.29, 1.82) is 0 Å². The number of aryl methyl sites for hydroxylation is 1. The van der Waals surface area contributed by atoms with Gasteiger partial charge in [-0.2, -0.15) is 0 Å². The van der Waals surface area contributed by atoms with Gasteiger partial charge in [-0.25, -0.2) is 0 Å². The Balaban J connectivity index is 0.00000361. The summed E-state index contributed by atoms with van der Waals surface area (Å²) in [6, 6.07) is 8.81. The van der Waals surface area contributed by atoms with Crippen LogP contribution >= 0.6 is 7.60 Å². The van der Waals surface area contributed by atoms with Gasteiger partial charge in [-0.1, -0.05) is 62.4 Å². The molecule has 1 unspecified atom stereocenters. The van der Waals surface area contributed by atoms with Gasteiger partial charge in [-0.15, -0.1) is 0 Å². The van der Waals surface area contributed by atoms with Gasteiger partial charge >= 0.3 is 37.7 Å². The maximum absolute atomic E-state index is 13.5. The first-order chi connectivity index (χ1) is 17.3. The van der Waals surface area contributed by atoms with Gasteiger partial charge in [0.25, 0.3) is 5.91 Å². The monoisotopic (exact) mass is 534 g/mol. The number of hydrogen-bond acceptors (Lipinski definition) is 7. The molecule has 1 aromatic carbocycles. The van der Waals surface area contributed by atoms with E-state index < -0.39 is 31.6 Å². The van der Waals surface area contributed by atoms with Crippen molar-refractivity contribution in [2.45, 2.75) is 89.2 Å². The van der Waals surface area contributed by atoms with E-state index in [1.165, 1.54) is 11.3 Å². The summed E-state index contributed by atoms with van der Waals surface area (Å²) < 4.78 is 18.3. The molecule has 3 rings (SSSR count). The van der Waals surface area contributed by atoms with E-state index in [2.05, 4.69) is 0 Å². The number of rotatable bonds is 14. The predicted octanol–water partition coefficient (Wildman–Crippen LogP) is -3.37. The number of carbonyl (C=O) groups is 2. The molecule has 4 atom stereocenters. The van der Waals surface area contributed by atoms with Crippen molar-refractivity contribution in [1.82, 2.24) is 4.90 Å². The van der Waals surface area contributed by atoms with Gasteiger partial charge in [0.05, 0.1) is 12.0 Å². The molecule has 1 heterocycles. The molecule has 1 amide bonds. The minimum atomic E-state index is -4.29.